The van der Waals surface area contributed by atoms with Crippen LogP contribution >= 0.6 is 0 Å². The maximum atomic E-state index is 13.1. The van der Waals surface area contributed by atoms with Crippen molar-refractivity contribution in [2.75, 3.05) is 27.7 Å². The lowest BCUT2D eigenvalue weighted by Crippen LogP contribution is -2.36. The second-order valence-corrected chi connectivity index (χ2v) is 7.70. The molecule has 0 aliphatic rings. The molecular formula is C23H28N4O3. The molecule has 2 aromatic carbocycles. The Labute approximate surface area is 176 Å². The van der Waals surface area contributed by atoms with Crippen molar-refractivity contribution in [3.63, 3.8) is 0 Å². The summed E-state index contributed by atoms with van der Waals surface area (Å²) >= 11 is 0. The summed E-state index contributed by atoms with van der Waals surface area (Å²) in [5.41, 5.74) is 1.09. The van der Waals surface area contributed by atoms with Crippen molar-refractivity contribution >= 4 is 16.7 Å². The highest BCUT2D eigenvalue weighted by Crippen LogP contribution is 2.22. The van der Waals surface area contributed by atoms with E-state index in [1.165, 1.54) is 4.68 Å². The lowest BCUT2D eigenvalue weighted by Gasteiger charge is -2.25. The van der Waals surface area contributed by atoms with Crippen LogP contribution in [0.4, 0.5) is 0 Å². The van der Waals surface area contributed by atoms with E-state index < -0.39 is 0 Å². The molecule has 0 fully saturated rings. The van der Waals surface area contributed by atoms with Gasteiger partial charge in [-0.05, 0) is 51.7 Å². The Balaban J connectivity index is 1.92. The minimum Gasteiger partial charge on any atom is -0.497 e. The van der Waals surface area contributed by atoms with Crippen LogP contribution in [0, 0.1) is 0 Å². The number of methoxy groups -OCH3 is 1. The van der Waals surface area contributed by atoms with E-state index in [2.05, 4.69) is 10.4 Å². The highest BCUT2D eigenvalue weighted by Gasteiger charge is 2.20. The molecule has 7 nitrogen and oxygen atoms in total. The Bertz CT molecular complexity index is 1110. The van der Waals surface area contributed by atoms with Crippen molar-refractivity contribution in [2.45, 2.75) is 25.9 Å². The normalized spacial score (nSPS) is 12.4. The molecular weight excluding hydrogens is 380 g/mol. The average molecular weight is 409 g/mol. The molecule has 0 saturated carbocycles. The Morgan fingerprint density at radius 1 is 1.13 bits per heavy atom. The molecule has 7 heteroatoms. The number of nitrogens with one attached hydrogen (secondary N) is 1. The number of ether oxygens (including phenoxy) is 1. The maximum absolute atomic E-state index is 13.1. The molecule has 1 aromatic heterocycles. The fourth-order valence-electron chi connectivity index (χ4n) is 3.44. The molecule has 0 bridgehead atoms. The average Bonchev–Trinajstić information content (AvgIpc) is 2.74. The van der Waals surface area contributed by atoms with Gasteiger partial charge in [0, 0.05) is 11.9 Å². The smallest absolute Gasteiger partial charge is 0.274 e. The number of likely N-dealkylation sites (N-methyl/N-ethyl adjacent to an activating group) is 1. The van der Waals surface area contributed by atoms with Crippen LogP contribution in [0.1, 0.15) is 42.0 Å². The summed E-state index contributed by atoms with van der Waals surface area (Å²) in [6.07, 6.45) is 0. The highest BCUT2D eigenvalue weighted by atomic mass is 16.5. The number of nitrogens with zero attached hydrogens (tertiary/aromatic N) is 3. The number of fused-ring (bicyclic) bond motifs is 1. The molecule has 1 N–H and O–H groups in total. The number of aromatic nitrogens is 2. The van der Waals surface area contributed by atoms with Crippen molar-refractivity contribution < 1.29 is 9.53 Å². The zero-order chi connectivity index (χ0) is 21.8. The molecule has 0 aliphatic heterocycles. The molecule has 30 heavy (non-hydrogen) atoms. The maximum Gasteiger partial charge on any atom is 0.274 e. The second-order valence-electron chi connectivity index (χ2n) is 7.70. The topological polar surface area (TPSA) is 76.5 Å². The third-order valence-corrected chi connectivity index (χ3v) is 5.09. The molecule has 1 atom stereocenters. The molecule has 158 valence electrons. The zero-order valence-electron chi connectivity index (χ0n) is 18.0. The van der Waals surface area contributed by atoms with E-state index >= 15 is 0 Å². The zero-order valence-corrected chi connectivity index (χ0v) is 18.0. The highest BCUT2D eigenvalue weighted by molar-refractivity contribution is 6.04. The van der Waals surface area contributed by atoms with Gasteiger partial charge in [0.15, 0.2) is 5.69 Å². The molecule has 1 heterocycles. The lowest BCUT2D eigenvalue weighted by atomic mass is 10.1. The first-order valence-corrected chi connectivity index (χ1v) is 9.93. The first kappa shape index (κ1) is 21.5. The summed E-state index contributed by atoms with van der Waals surface area (Å²) in [5.74, 6) is 0.456. The number of carbonyl (C=O) groups excluding carboxylic acids is 1. The van der Waals surface area contributed by atoms with Gasteiger partial charge in [0.1, 0.15) is 5.75 Å². The number of benzene rings is 2. The summed E-state index contributed by atoms with van der Waals surface area (Å²) in [5, 5.41) is 8.42. The van der Waals surface area contributed by atoms with E-state index in [1.54, 1.807) is 31.4 Å². The fourth-order valence-corrected chi connectivity index (χ4v) is 3.44. The van der Waals surface area contributed by atoms with E-state index in [1.807, 2.05) is 57.1 Å². The van der Waals surface area contributed by atoms with Gasteiger partial charge < -0.3 is 15.0 Å². The van der Waals surface area contributed by atoms with Crippen LogP contribution in [-0.4, -0.2) is 48.3 Å². The van der Waals surface area contributed by atoms with Crippen molar-refractivity contribution in [1.82, 2.24) is 20.0 Å². The third-order valence-electron chi connectivity index (χ3n) is 5.09. The monoisotopic (exact) mass is 408 g/mol. The van der Waals surface area contributed by atoms with Crippen molar-refractivity contribution in [3.05, 3.63) is 70.1 Å². The third kappa shape index (κ3) is 4.36. The Morgan fingerprint density at radius 2 is 1.83 bits per heavy atom. The molecule has 3 aromatic rings. The number of amides is 1. The Kier molecular flexibility index (Phi) is 6.52. The quantitative estimate of drug-likeness (QED) is 0.650. The van der Waals surface area contributed by atoms with Gasteiger partial charge >= 0.3 is 0 Å². The molecule has 1 unspecified atom stereocenters. The molecule has 0 radical (unpaired) electrons. The van der Waals surface area contributed by atoms with Crippen LogP contribution in [0.15, 0.2) is 53.3 Å². The number of hydrogen-bond donors (Lipinski definition) is 1. The van der Waals surface area contributed by atoms with Gasteiger partial charge in [-0.3, -0.25) is 9.59 Å². The minimum absolute atomic E-state index is 0.0497. The van der Waals surface area contributed by atoms with Gasteiger partial charge in [-0.15, -0.1) is 0 Å². The number of hydrogen-bond acceptors (Lipinski definition) is 5. The largest absolute Gasteiger partial charge is 0.497 e. The van der Waals surface area contributed by atoms with E-state index in [9.17, 15) is 9.59 Å². The van der Waals surface area contributed by atoms with Gasteiger partial charge in [0.25, 0.3) is 11.5 Å². The summed E-state index contributed by atoms with van der Waals surface area (Å²) in [6, 6.07) is 14.7. The van der Waals surface area contributed by atoms with Gasteiger partial charge in [-0.2, -0.15) is 5.10 Å². The van der Waals surface area contributed by atoms with Crippen LogP contribution < -0.4 is 15.6 Å². The van der Waals surface area contributed by atoms with Crippen LogP contribution in [0.2, 0.25) is 0 Å². The van der Waals surface area contributed by atoms with Gasteiger partial charge in [-0.1, -0.05) is 30.3 Å². The van der Waals surface area contributed by atoms with Crippen LogP contribution in [0.5, 0.6) is 5.75 Å². The minimum atomic E-state index is -0.310. The number of carbonyl (C=O) groups is 1. The standard InChI is InChI=1S/C23H28N4O3/c1-15(2)27-23(29)19-12-7-6-11-18(19)21(25-27)22(28)24-14-20(26(3)4)16-9-8-10-17(13-16)30-5/h6-13,15,20H,14H2,1-5H3,(H,24,28). The predicted molar refractivity (Wildman–Crippen MR) is 118 cm³/mol. The van der Waals surface area contributed by atoms with Crippen molar-refractivity contribution in [1.29, 1.82) is 0 Å². The fraction of sp³-hybridized carbons (Fsp3) is 0.348. The Morgan fingerprint density at radius 3 is 2.47 bits per heavy atom. The first-order chi connectivity index (χ1) is 14.3. The summed E-state index contributed by atoms with van der Waals surface area (Å²) in [4.78, 5) is 27.8. The first-order valence-electron chi connectivity index (χ1n) is 9.93. The second kappa shape index (κ2) is 9.09. The molecule has 0 spiro atoms. The summed E-state index contributed by atoms with van der Waals surface area (Å²) in [7, 11) is 5.55. The predicted octanol–water partition coefficient (Wildman–Crippen LogP) is 3.02. The number of rotatable bonds is 7. The Hall–Kier alpha value is -3.19. The summed E-state index contributed by atoms with van der Waals surface area (Å²) < 4.78 is 6.69. The van der Waals surface area contributed by atoms with E-state index in [-0.39, 0.29) is 29.2 Å². The SMILES string of the molecule is COc1cccc(C(CNC(=O)c2nn(C(C)C)c(=O)c3ccccc23)N(C)C)c1. The molecule has 0 saturated heterocycles. The van der Waals surface area contributed by atoms with E-state index in [0.717, 1.165) is 11.3 Å². The van der Waals surface area contributed by atoms with E-state index in [4.69, 9.17) is 4.74 Å². The molecule has 1 amide bonds. The van der Waals surface area contributed by atoms with Gasteiger partial charge in [0.2, 0.25) is 0 Å². The van der Waals surface area contributed by atoms with Crippen LogP contribution in [0.25, 0.3) is 10.8 Å². The van der Waals surface area contributed by atoms with Gasteiger partial charge in [0.05, 0.1) is 24.6 Å². The van der Waals surface area contributed by atoms with Crippen LogP contribution in [-0.2, 0) is 0 Å². The summed E-state index contributed by atoms with van der Waals surface area (Å²) in [6.45, 7) is 4.13. The van der Waals surface area contributed by atoms with Gasteiger partial charge in [-0.25, -0.2) is 4.68 Å². The van der Waals surface area contributed by atoms with Crippen molar-refractivity contribution in [2.24, 2.45) is 0 Å². The lowest BCUT2D eigenvalue weighted by molar-refractivity contribution is 0.0936. The van der Waals surface area contributed by atoms with Crippen LogP contribution in [0.3, 0.4) is 0 Å². The van der Waals surface area contributed by atoms with E-state index in [0.29, 0.717) is 17.3 Å². The molecule has 0 aliphatic carbocycles. The molecule has 3 rings (SSSR count). The van der Waals surface area contributed by atoms with Crippen molar-refractivity contribution in [3.8, 4) is 5.75 Å².